The fourth-order valence-corrected chi connectivity index (χ4v) is 3.07. The minimum atomic E-state index is 0.0554. The molecule has 4 heteroatoms. The van der Waals surface area contributed by atoms with Crippen molar-refractivity contribution in [1.82, 2.24) is 4.90 Å². The summed E-state index contributed by atoms with van der Waals surface area (Å²) >= 11 is 0. The van der Waals surface area contributed by atoms with E-state index in [1.54, 1.807) is 0 Å². The lowest BCUT2D eigenvalue weighted by Crippen LogP contribution is -2.43. The van der Waals surface area contributed by atoms with E-state index in [0.29, 0.717) is 17.9 Å². The Morgan fingerprint density at radius 2 is 1.96 bits per heavy atom. The monoisotopic (exact) mass is 312 g/mol. The van der Waals surface area contributed by atoms with E-state index in [4.69, 9.17) is 10.5 Å². The number of benzene rings is 2. The summed E-state index contributed by atoms with van der Waals surface area (Å²) in [6.07, 6.45) is 2.64. The molecule has 0 saturated carbocycles. The topological polar surface area (TPSA) is 55.6 Å². The smallest absolute Gasteiger partial charge is 0.258 e. The number of nitrogens with zero attached hydrogens (tertiary/aromatic N) is 1. The molecule has 0 unspecified atom stereocenters. The van der Waals surface area contributed by atoms with E-state index in [1.165, 1.54) is 0 Å². The summed E-state index contributed by atoms with van der Waals surface area (Å²) in [5.41, 5.74) is 6.65. The third kappa shape index (κ3) is 3.32. The highest BCUT2D eigenvalue weighted by Crippen LogP contribution is 2.30. The lowest BCUT2D eigenvalue weighted by atomic mass is 10.00. The van der Waals surface area contributed by atoms with Gasteiger partial charge in [0.25, 0.3) is 5.91 Å². The zero-order chi connectivity index (χ0) is 16.2. The fraction of sp³-hybridized carbons (Fsp3) is 0.421. The van der Waals surface area contributed by atoms with Crippen LogP contribution in [0.3, 0.4) is 0 Å². The van der Waals surface area contributed by atoms with Crippen LogP contribution in [0.2, 0.25) is 0 Å². The molecule has 0 atom stereocenters. The standard InChI is InChI=1S/C19H24N2O2/c1-2-13-23-17-8-7-14-5-3-4-6-16(14)18(17)19(22)21-11-9-15(20)10-12-21/h3-8,15H,2,9-13,20H2,1H3. The molecule has 2 N–H and O–H groups in total. The molecule has 0 bridgehead atoms. The first-order chi connectivity index (χ1) is 11.2. The van der Waals surface area contributed by atoms with Crippen LogP contribution in [-0.2, 0) is 0 Å². The number of nitrogens with two attached hydrogens (primary N) is 1. The number of piperidine rings is 1. The van der Waals surface area contributed by atoms with Crippen molar-refractivity contribution in [3.05, 3.63) is 42.0 Å². The minimum Gasteiger partial charge on any atom is -0.493 e. The van der Waals surface area contributed by atoms with Gasteiger partial charge in [-0.2, -0.15) is 0 Å². The molecule has 1 heterocycles. The van der Waals surface area contributed by atoms with Gasteiger partial charge < -0.3 is 15.4 Å². The number of likely N-dealkylation sites (tertiary alicyclic amines) is 1. The second-order valence-corrected chi connectivity index (χ2v) is 6.14. The zero-order valence-corrected chi connectivity index (χ0v) is 13.6. The van der Waals surface area contributed by atoms with E-state index in [9.17, 15) is 4.79 Å². The molecule has 1 aliphatic rings. The number of fused-ring (bicyclic) bond motifs is 1. The van der Waals surface area contributed by atoms with Gasteiger partial charge in [-0.3, -0.25) is 4.79 Å². The second-order valence-electron chi connectivity index (χ2n) is 6.14. The second kappa shape index (κ2) is 7.01. The lowest BCUT2D eigenvalue weighted by molar-refractivity contribution is 0.0712. The number of ether oxygens (including phenoxy) is 1. The summed E-state index contributed by atoms with van der Waals surface area (Å²) in [5.74, 6) is 0.741. The predicted octanol–water partition coefficient (Wildman–Crippen LogP) is 3.19. The number of carbonyl (C=O) groups excluding carboxylic acids is 1. The zero-order valence-electron chi connectivity index (χ0n) is 13.6. The molecule has 1 aliphatic heterocycles. The maximum absolute atomic E-state index is 13.1. The van der Waals surface area contributed by atoms with E-state index >= 15 is 0 Å². The predicted molar refractivity (Wildman–Crippen MR) is 92.8 cm³/mol. The molecule has 4 nitrogen and oxygen atoms in total. The summed E-state index contributed by atoms with van der Waals surface area (Å²) in [7, 11) is 0. The van der Waals surface area contributed by atoms with Crippen LogP contribution < -0.4 is 10.5 Å². The van der Waals surface area contributed by atoms with E-state index in [-0.39, 0.29) is 11.9 Å². The van der Waals surface area contributed by atoms with Crippen LogP contribution in [0.25, 0.3) is 10.8 Å². The highest BCUT2D eigenvalue weighted by atomic mass is 16.5. The maximum Gasteiger partial charge on any atom is 0.258 e. The first-order valence-corrected chi connectivity index (χ1v) is 8.40. The molecule has 0 spiro atoms. The van der Waals surface area contributed by atoms with Gasteiger partial charge in [0.1, 0.15) is 5.75 Å². The maximum atomic E-state index is 13.1. The Labute approximate surface area is 137 Å². The third-order valence-corrected chi connectivity index (χ3v) is 4.39. The van der Waals surface area contributed by atoms with Crippen LogP contribution in [-0.4, -0.2) is 36.5 Å². The molecule has 2 aromatic rings. The third-order valence-electron chi connectivity index (χ3n) is 4.39. The number of rotatable bonds is 4. The summed E-state index contributed by atoms with van der Waals surface area (Å²) in [4.78, 5) is 15.0. The molecular formula is C19H24N2O2. The first-order valence-electron chi connectivity index (χ1n) is 8.40. The van der Waals surface area contributed by atoms with Gasteiger partial charge in [-0.25, -0.2) is 0 Å². The van der Waals surface area contributed by atoms with Crippen molar-refractivity contribution in [2.75, 3.05) is 19.7 Å². The van der Waals surface area contributed by atoms with Crippen LogP contribution in [0.5, 0.6) is 5.75 Å². The summed E-state index contributed by atoms with van der Waals surface area (Å²) in [6.45, 7) is 4.12. The van der Waals surface area contributed by atoms with Gasteiger partial charge in [-0.1, -0.05) is 37.3 Å². The first kappa shape index (κ1) is 15.8. The normalized spacial score (nSPS) is 15.8. The minimum absolute atomic E-state index is 0.0554. The molecule has 0 radical (unpaired) electrons. The van der Waals surface area contributed by atoms with E-state index < -0.39 is 0 Å². The Kier molecular flexibility index (Phi) is 4.82. The Hall–Kier alpha value is -2.07. The molecule has 0 aliphatic carbocycles. The summed E-state index contributed by atoms with van der Waals surface area (Å²) in [6, 6.07) is 12.1. The van der Waals surface area contributed by atoms with Crippen molar-refractivity contribution in [2.24, 2.45) is 5.73 Å². The molecule has 0 aromatic heterocycles. The lowest BCUT2D eigenvalue weighted by Gasteiger charge is -2.31. The Bertz CT molecular complexity index is 691. The van der Waals surface area contributed by atoms with Crippen LogP contribution in [0.4, 0.5) is 0 Å². The van der Waals surface area contributed by atoms with Crippen molar-refractivity contribution in [1.29, 1.82) is 0 Å². The molecule has 122 valence electrons. The van der Waals surface area contributed by atoms with Crippen molar-refractivity contribution in [3.8, 4) is 5.75 Å². The average molecular weight is 312 g/mol. The van der Waals surface area contributed by atoms with Crippen molar-refractivity contribution < 1.29 is 9.53 Å². The van der Waals surface area contributed by atoms with Gasteiger partial charge in [0, 0.05) is 19.1 Å². The van der Waals surface area contributed by atoms with E-state index in [1.807, 2.05) is 41.3 Å². The van der Waals surface area contributed by atoms with E-state index in [2.05, 4.69) is 6.92 Å². The summed E-state index contributed by atoms with van der Waals surface area (Å²) in [5, 5.41) is 2.02. The largest absolute Gasteiger partial charge is 0.493 e. The molecule has 1 fully saturated rings. The van der Waals surface area contributed by atoms with E-state index in [0.717, 1.165) is 43.1 Å². The number of hydrogen-bond acceptors (Lipinski definition) is 3. The van der Waals surface area contributed by atoms with Crippen molar-refractivity contribution in [3.63, 3.8) is 0 Å². The van der Waals surface area contributed by atoms with Crippen LogP contribution in [0, 0.1) is 0 Å². The van der Waals surface area contributed by atoms with Gasteiger partial charge in [0.15, 0.2) is 0 Å². The van der Waals surface area contributed by atoms with Gasteiger partial charge in [-0.15, -0.1) is 0 Å². The van der Waals surface area contributed by atoms with Crippen molar-refractivity contribution in [2.45, 2.75) is 32.2 Å². The Morgan fingerprint density at radius 1 is 1.22 bits per heavy atom. The molecule has 1 saturated heterocycles. The Morgan fingerprint density at radius 3 is 2.70 bits per heavy atom. The van der Waals surface area contributed by atoms with Gasteiger partial charge >= 0.3 is 0 Å². The van der Waals surface area contributed by atoms with Crippen LogP contribution in [0.1, 0.15) is 36.5 Å². The molecular weight excluding hydrogens is 288 g/mol. The molecule has 1 amide bonds. The van der Waals surface area contributed by atoms with Gasteiger partial charge in [0.2, 0.25) is 0 Å². The summed E-state index contributed by atoms with van der Waals surface area (Å²) < 4.78 is 5.86. The average Bonchev–Trinajstić information content (AvgIpc) is 2.59. The van der Waals surface area contributed by atoms with Crippen LogP contribution >= 0.6 is 0 Å². The molecule has 23 heavy (non-hydrogen) atoms. The fourth-order valence-electron chi connectivity index (χ4n) is 3.07. The Balaban J connectivity index is 2.00. The quantitative estimate of drug-likeness (QED) is 0.943. The van der Waals surface area contributed by atoms with Crippen molar-refractivity contribution >= 4 is 16.7 Å². The molecule has 3 rings (SSSR count). The number of carbonyl (C=O) groups is 1. The van der Waals surface area contributed by atoms with Gasteiger partial charge in [-0.05, 0) is 36.1 Å². The SMILES string of the molecule is CCCOc1ccc2ccccc2c1C(=O)N1CCC(N)CC1. The number of amides is 1. The molecule has 2 aromatic carbocycles. The highest BCUT2D eigenvalue weighted by molar-refractivity contribution is 6.09. The number of hydrogen-bond donors (Lipinski definition) is 1. The van der Waals surface area contributed by atoms with Gasteiger partial charge in [0.05, 0.1) is 12.2 Å². The van der Waals surface area contributed by atoms with Crippen LogP contribution in [0.15, 0.2) is 36.4 Å². The highest BCUT2D eigenvalue weighted by Gasteiger charge is 2.25.